The smallest absolute Gasteiger partial charge is 0.340 e. The number of piperidine rings is 1. The molecule has 1 aromatic heterocycles. The topological polar surface area (TPSA) is 70.8 Å². The standard InChI is InChI=1S/C11H17F4N5/c1-10(6-16)2-4-20(5-3-10)9-17-8(18-19-9)11(14,15)7(12)13/h7H,2-6,16H2,1H3,(H,17,18,19). The summed E-state index contributed by atoms with van der Waals surface area (Å²) in [7, 11) is 0. The lowest BCUT2D eigenvalue weighted by molar-refractivity contribution is -0.140. The van der Waals surface area contributed by atoms with E-state index in [1.54, 1.807) is 4.90 Å². The lowest BCUT2D eigenvalue weighted by Gasteiger charge is -2.38. The lowest BCUT2D eigenvalue weighted by atomic mass is 9.81. The number of hydrogen-bond acceptors (Lipinski definition) is 4. The minimum Gasteiger partial charge on any atom is -0.340 e. The predicted molar refractivity (Wildman–Crippen MR) is 64.9 cm³/mol. The van der Waals surface area contributed by atoms with Crippen LogP contribution in [-0.4, -0.2) is 41.2 Å². The first-order chi connectivity index (χ1) is 9.28. The minimum atomic E-state index is -4.31. The van der Waals surface area contributed by atoms with E-state index in [4.69, 9.17) is 5.73 Å². The summed E-state index contributed by atoms with van der Waals surface area (Å²) in [5.74, 6) is -5.39. The molecule has 0 atom stereocenters. The van der Waals surface area contributed by atoms with Crippen molar-refractivity contribution in [1.29, 1.82) is 0 Å². The summed E-state index contributed by atoms with van der Waals surface area (Å²) < 4.78 is 50.7. The van der Waals surface area contributed by atoms with Gasteiger partial charge in [0.25, 0.3) is 0 Å². The van der Waals surface area contributed by atoms with Crippen LogP contribution in [0.3, 0.4) is 0 Å². The fraction of sp³-hybridized carbons (Fsp3) is 0.818. The quantitative estimate of drug-likeness (QED) is 0.830. The molecule has 114 valence electrons. The van der Waals surface area contributed by atoms with Crippen LogP contribution in [-0.2, 0) is 5.92 Å². The maximum absolute atomic E-state index is 13.1. The molecule has 1 aromatic rings. The van der Waals surface area contributed by atoms with Crippen molar-refractivity contribution in [3.05, 3.63) is 5.82 Å². The highest BCUT2D eigenvalue weighted by Crippen LogP contribution is 2.34. The van der Waals surface area contributed by atoms with Gasteiger partial charge in [0.05, 0.1) is 0 Å². The first-order valence-corrected chi connectivity index (χ1v) is 6.32. The highest BCUT2D eigenvalue weighted by Gasteiger charge is 2.46. The molecule has 0 saturated carbocycles. The van der Waals surface area contributed by atoms with Crippen LogP contribution >= 0.6 is 0 Å². The van der Waals surface area contributed by atoms with E-state index in [0.717, 1.165) is 12.8 Å². The van der Waals surface area contributed by atoms with Gasteiger partial charge in [0.15, 0.2) is 0 Å². The molecule has 9 heteroatoms. The Kier molecular flexibility index (Phi) is 3.90. The average Bonchev–Trinajstić information content (AvgIpc) is 2.89. The van der Waals surface area contributed by atoms with E-state index >= 15 is 0 Å². The van der Waals surface area contributed by atoms with Crippen LogP contribution < -0.4 is 10.6 Å². The Labute approximate surface area is 113 Å². The highest BCUT2D eigenvalue weighted by atomic mass is 19.3. The minimum absolute atomic E-state index is 0.0164. The number of aromatic amines is 1. The third-order valence-corrected chi connectivity index (χ3v) is 3.81. The van der Waals surface area contributed by atoms with Crippen molar-refractivity contribution in [2.75, 3.05) is 24.5 Å². The van der Waals surface area contributed by atoms with Crippen LogP contribution in [0.15, 0.2) is 0 Å². The second-order valence-corrected chi connectivity index (χ2v) is 5.41. The van der Waals surface area contributed by atoms with Gasteiger partial charge in [0.2, 0.25) is 11.8 Å². The number of H-pyrrole nitrogens is 1. The maximum Gasteiger partial charge on any atom is 0.365 e. The summed E-state index contributed by atoms with van der Waals surface area (Å²) in [6.45, 7) is 3.72. The molecule has 2 heterocycles. The van der Waals surface area contributed by atoms with E-state index in [-0.39, 0.29) is 11.4 Å². The third-order valence-electron chi connectivity index (χ3n) is 3.81. The monoisotopic (exact) mass is 295 g/mol. The Hall–Kier alpha value is -1.38. The van der Waals surface area contributed by atoms with Crippen molar-refractivity contribution >= 4 is 5.95 Å². The van der Waals surface area contributed by atoms with Gasteiger partial charge < -0.3 is 10.6 Å². The number of nitrogens with zero attached hydrogens (tertiary/aromatic N) is 3. The molecule has 20 heavy (non-hydrogen) atoms. The largest absolute Gasteiger partial charge is 0.365 e. The van der Waals surface area contributed by atoms with Gasteiger partial charge in [-0.15, -0.1) is 5.10 Å². The molecule has 0 radical (unpaired) electrons. The number of rotatable bonds is 4. The van der Waals surface area contributed by atoms with Crippen LogP contribution in [0.2, 0.25) is 0 Å². The van der Waals surface area contributed by atoms with Gasteiger partial charge in [-0.25, -0.2) is 8.78 Å². The van der Waals surface area contributed by atoms with Crippen molar-refractivity contribution in [3.8, 4) is 0 Å². The number of aromatic nitrogens is 3. The van der Waals surface area contributed by atoms with Gasteiger partial charge in [0, 0.05) is 13.1 Å². The van der Waals surface area contributed by atoms with Gasteiger partial charge in [-0.05, 0) is 24.8 Å². The van der Waals surface area contributed by atoms with E-state index in [1.165, 1.54) is 0 Å². The lowest BCUT2D eigenvalue weighted by Crippen LogP contribution is -2.42. The van der Waals surface area contributed by atoms with Crippen molar-refractivity contribution in [2.24, 2.45) is 11.1 Å². The number of nitrogens with one attached hydrogen (secondary N) is 1. The molecular weight excluding hydrogens is 278 g/mol. The van der Waals surface area contributed by atoms with Crippen LogP contribution in [0.25, 0.3) is 0 Å². The second kappa shape index (κ2) is 5.19. The molecular formula is C11H17F4N5. The first kappa shape index (κ1) is 15.0. The molecule has 3 N–H and O–H groups in total. The molecule has 0 aliphatic carbocycles. The molecule has 0 spiro atoms. The zero-order valence-corrected chi connectivity index (χ0v) is 11.0. The van der Waals surface area contributed by atoms with Crippen molar-refractivity contribution in [1.82, 2.24) is 15.2 Å². The fourth-order valence-electron chi connectivity index (χ4n) is 2.10. The van der Waals surface area contributed by atoms with E-state index in [0.29, 0.717) is 19.6 Å². The molecule has 1 fully saturated rings. The summed E-state index contributed by atoms with van der Waals surface area (Å²) >= 11 is 0. The van der Waals surface area contributed by atoms with Gasteiger partial charge in [0.1, 0.15) is 0 Å². The average molecular weight is 295 g/mol. The van der Waals surface area contributed by atoms with E-state index < -0.39 is 18.2 Å². The summed E-state index contributed by atoms with van der Waals surface area (Å²) in [6, 6.07) is 0. The number of alkyl halides is 4. The van der Waals surface area contributed by atoms with Crippen LogP contribution in [0, 0.1) is 5.41 Å². The normalized spacial score (nSPS) is 19.6. The molecule has 5 nitrogen and oxygen atoms in total. The van der Waals surface area contributed by atoms with Gasteiger partial charge in [-0.1, -0.05) is 6.92 Å². The SMILES string of the molecule is CC1(CN)CCN(c2n[nH]c(C(F)(F)C(F)F)n2)CC1. The molecule has 0 bridgehead atoms. The Morgan fingerprint density at radius 2 is 2.00 bits per heavy atom. The van der Waals surface area contributed by atoms with Crippen LogP contribution in [0.1, 0.15) is 25.6 Å². The first-order valence-electron chi connectivity index (χ1n) is 6.32. The van der Waals surface area contributed by atoms with Crippen molar-refractivity contribution in [3.63, 3.8) is 0 Å². The molecule has 1 aliphatic rings. The molecule has 1 aliphatic heterocycles. The van der Waals surface area contributed by atoms with Crippen molar-refractivity contribution < 1.29 is 17.6 Å². The molecule has 2 rings (SSSR count). The van der Waals surface area contributed by atoms with E-state index in [9.17, 15) is 17.6 Å². The third kappa shape index (κ3) is 2.72. The number of nitrogens with two attached hydrogens (primary N) is 1. The second-order valence-electron chi connectivity index (χ2n) is 5.41. The Morgan fingerprint density at radius 3 is 2.50 bits per heavy atom. The van der Waals surface area contributed by atoms with E-state index in [2.05, 4.69) is 17.0 Å². The maximum atomic E-state index is 13.1. The van der Waals surface area contributed by atoms with E-state index in [1.807, 2.05) is 5.10 Å². The number of anilines is 1. The summed E-state index contributed by atoms with van der Waals surface area (Å²) in [6.07, 6.45) is -2.26. The number of hydrogen-bond donors (Lipinski definition) is 2. The Balaban J connectivity index is 2.08. The zero-order chi connectivity index (χ0) is 15.0. The van der Waals surface area contributed by atoms with Crippen molar-refractivity contribution in [2.45, 2.75) is 32.1 Å². The fourth-order valence-corrected chi connectivity index (χ4v) is 2.10. The van der Waals surface area contributed by atoms with Gasteiger partial charge in [-0.2, -0.15) is 13.8 Å². The Bertz CT molecular complexity index is 453. The summed E-state index contributed by atoms with van der Waals surface area (Å²) in [4.78, 5) is 5.19. The summed E-state index contributed by atoms with van der Waals surface area (Å²) in [5, 5.41) is 5.51. The highest BCUT2D eigenvalue weighted by molar-refractivity contribution is 5.30. The predicted octanol–water partition coefficient (Wildman–Crippen LogP) is 1.73. The Morgan fingerprint density at radius 1 is 1.40 bits per heavy atom. The van der Waals surface area contributed by atoms with Gasteiger partial charge >= 0.3 is 12.3 Å². The summed E-state index contributed by atoms with van der Waals surface area (Å²) in [5.41, 5.74) is 5.69. The molecule has 0 unspecified atom stereocenters. The van der Waals surface area contributed by atoms with Crippen LogP contribution in [0.4, 0.5) is 23.5 Å². The molecule has 0 amide bonds. The van der Waals surface area contributed by atoms with Crippen LogP contribution in [0.5, 0.6) is 0 Å². The molecule has 1 saturated heterocycles. The zero-order valence-electron chi connectivity index (χ0n) is 11.0. The molecule has 0 aromatic carbocycles. The van der Waals surface area contributed by atoms with Gasteiger partial charge in [-0.3, -0.25) is 5.10 Å². The number of halogens is 4.